The van der Waals surface area contributed by atoms with Gasteiger partial charge in [0.1, 0.15) is 11.4 Å². The van der Waals surface area contributed by atoms with E-state index >= 15 is 0 Å². The molecule has 0 atom stereocenters. The Labute approximate surface area is 116 Å². The fraction of sp³-hybridized carbons (Fsp3) is 0.125. The quantitative estimate of drug-likeness (QED) is 0.716. The summed E-state index contributed by atoms with van der Waals surface area (Å²) in [6, 6.07) is 15.0. The largest absolute Gasteiger partial charge is 0.497 e. The van der Waals surface area contributed by atoms with E-state index in [1.54, 1.807) is 18.7 Å². The highest BCUT2D eigenvalue weighted by Gasteiger charge is 2.10. The fourth-order valence-electron chi connectivity index (χ4n) is 2.21. The lowest BCUT2D eigenvalue weighted by atomic mass is 10.1. The number of rotatable bonds is 2. The van der Waals surface area contributed by atoms with Crippen LogP contribution in [0.15, 0.2) is 53.3 Å². The smallest absolute Gasteiger partial charge is 0.277 e. The van der Waals surface area contributed by atoms with Crippen molar-refractivity contribution in [3.63, 3.8) is 0 Å². The van der Waals surface area contributed by atoms with Crippen LogP contribution in [0.1, 0.15) is 0 Å². The molecule has 0 fully saturated rings. The number of hydrogen-bond donors (Lipinski definition) is 0. The zero-order chi connectivity index (χ0) is 14.1. The highest BCUT2D eigenvalue weighted by Crippen LogP contribution is 2.20. The molecule has 1 aromatic heterocycles. The van der Waals surface area contributed by atoms with Crippen LogP contribution in [0.3, 0.4) is 0 Å². The highest BCUT2D eigenvalue weighted by atomic mass is 16.5. The van der Waals surface area contributed by atoms with E-state index in [-0.39, 0.29) is 5.56 Å². The van der Waals surface area contributed by atoms with Crippen LogP contribution in [-0.4, -0.2) is 16.7 Å². The van der Waals surface area contributed by atoms with Gasteiger partial charge in [-0.25, -0.2) is 4.98 Å². The van der Waals surface area contributed by atoms with Gasteiger partial charge in [0.05, 0.1) is 18.1 Å². The van der Waals surface area contributed by atoms with Crippen LogP contribution in [0.4, 0.5) is 0 Å². The van der Waals surface area contributed by atoms with E-state index in [1.807, 2.05) is 48.5 Å². The maximum absolute atomic E-state index is 12.4. The van der Waals surface area contributed by atoms with Gasteiger partial charge in [-0.1, -0.05) is 30.3 Å². The number of methoxy groups -OCH3 is 1. The first-order valence-electron chi connectivity index (χ1n) is 6.31. The SMILES string of the molecule is COc1ccc2nc(-c3ccccc3)c(=O)n(C)c2c1. The van der Waals surface area contributed by atoms with Gasteiger partial charge in [0.2, 0.25) is 0 Å². The van der Waals surface area contributed by atoms with Crippen molar-refractivity contribution in [1.29, 1.82) is 0 Å². The Morgan fingerprint density at radius 3 is 2.55 bits per heavy atom. The minimum absolute atomic E-state index is 0.114. The number of nitrogens with zero attached hydrogens (tertiary/aromatic N) is 2. The molecule has 0 bridgehead atoms. The van der Waals surface area contributed by atoms with Gasteiger partial charge in [-0.3, -0.25) is 4.79 Å². The summed E-state index contributed by atoms with van der Waals surface area (Å²) >= 11 is 0. The Kier molecular flexibility index (Phi) is 2.99. The maximum Gasteiger partial charge on any atom is 0.277 e. The normalized spacial score (nSPS) is 10.7. The third-order valence-electron chi connectivity index (χ3n) is 3.33. The first kappa shape index (κ1) is 12.4. The average Bonchev–Trinajstić information content (AvgIpc) is 2.51. The molecule has 0 spiro atoms. The lowest BCUT2D eigenvalue weighted by Crippen LogP contribution is -2.20. The van der Waals surface area contributed by atoms with E-state index in [0.29, 0.717) is 11.4 Å². The lowest BCUT2D eigenvalue weighted by Gasteiger charge is -2.09. The summed E-state index contributed by atoms with van der Waals surface area (Å²) in [4.78, 5) is 16.9. The lowest BCUT2D eigenvalue weighted by molar-refractivity contribution is 0.415. The van der Waals surface area contributed by atoms with Crippen LogP contribution in [0.2, 0.25) is 0 Å². The molecule has 2 aromatic carbocycles. The Hall–Kier alpha value is -2.62. The van der Waals surface area contributed by atoms with Crippen LogP contribution in [0, 0.1) is 0 Å². The predicted molar refractivity (Wildman–Crippen MR) is 79.0 cm³/mol. The van der Waals surface area contributed by atoms with Crippen molar-refractivity contribution in [3.05, 3.63) is 58.9 Å². The van der Waals surface area contributed by atoms with Gasteiger partial charge in [-0.15, -0.1) is 0 Å². The molecule has 0 aliphatic heterocycles. The van der Waals surface area contributed by atoms with Gasteiger partial charge in [-0.2, -0.15) is 0 Å². The third-order valence-corrected chi connectivity index (χ3v) is 3.33. The summed E-state index contributed by atoms with van der Waals surface area (Å²) < 4.78 is 6.79. The van der Waals surface area contributed by atoms with Crippen molar-refractivity contribution >= 4 is 11.0 Å². The molecule has 0 saturated carbocycles. The molecule has 0 radical (unpaired) electrons. The Bertz CT molecular complexity index is 823. The van der Waals surface area contributed by atoms with Crippen molar-refractivity contribution < 1.29 is 4.74 Å². The van der Waals surface area contributed by atoms with E-state index in [4.69, 9.17) is 4.74 Å². The van der Waals surface area contributed by atoms with E-state index in [1.165, 1.54) is 0 Å². The fourth-order valence-corrected chi connectivity index (χ4v) is 2.21. The Morgan fingerprint density at radius 1 is 1.10 bits per heavy atom. The Balaban J connectivity index is 2.32. The Morgan fingerprint density at radius 2 is 1.85 bits per heavy atom. The van der Waals surface area contributed by atoms with Crippen molar-refractivity contribution in [3.8, 4) is 17.0 Å². The summed E-state index contributed by atoms with van der Waals surface area (Å²) in [5.41, 5.74) is 2.70. The second kappa shape index (κ2) is 4.81. The first-order valence-corrected chi connectivity index (χ1v) is 6.31. The van der Waals surface area contributed by atoms with Crippen molar-refractivity contribution in [2.75, 3.05) is 7.11 Å². The summed E-state index contributed by atoms with van der Waals surface area (Å²) in [6.07, 6.45) is 0. The minimum Gasteiger partial charge on any atom is -0.497 e. The second-order valence-electron chi connectivity index (χ2n) is 4.55. The number of fused-ring (bicyclic) bond motifs is 1. The van der Waals surface area contributed by atoms with E-state index in [2.05, 4.69) is 4.98 Å². The topological polar surface area (TPSA) is 44.1 Å². The molecule has 3 aromatic rings. The summed E-state index contributed by atoms with van der Waals surface area (Å²) in [5.74, 6) is 0.710. The predicted octanol–water partition coefficient (Wildman–Crippen LogP) is 2.61. The zero-order valence-electron chi connectivity index (χ0n) is 11.3. The van der Waals surface area contributed by atoms with Crippen LogP contribution < -0.4 is 10.3 Å². The molecule has 0 aliphatic carbocycles. The molecule has 20 heavy (non-hydrogen) atoms. The van der Waals surface area contributed by atoms with Crippen LogP contribution in [0.25, 0.3) is 22.3 Å². The zero-order valence-corrected chi connectivity index (χ0v) is 11.3. The molecule has 4 nitrogen and oxygen atoms in total. The van der Waals surface area contributed by atoms with Gasteiger partial charge >= 0.3 is 0 Å². The van der Waals surface area contributed by atoms with Crippen LogP contribution in [0.5, 0.6) is 5.75 Å². The van der Waals surface area contributed by atoms with Crippen LogP contribution in [-0.2, 0) is 7.05 Å². The number of benzene rings is 2. The molecule has 0 amide bonds. The molecule has 0 aliphatic rings. The summed E-state index contributed by atoms with van der Waals surface area (Å²) in [5, 5.41) is 0. The van der Waals surface area contributed by atoms with Gasteiger partial charge in [-0.05, 0) is 12.1 Å². The number of aromatic nitrogens is 2. The molecule has 100 valence electrons. The summed E-state index contributed by atoms with van der Waals surface area (Å²) in [7, 11) is 3.35. The maximum atomic E-state index is 12.4. The van der Waals surface area contributed by atoms with Crippen molar-refractivity contribution in [2.45, 2.75) is 0 Å². The van der Waals surface area contributed by atoms with E-state index in [9.17, 15) is 4.79 Å². The monoisotopic (exact) mass is 266 g/mol. The molecular formula is C16H14N2O2. The molecule has 0 unspecified atom stereocenters. The van der Waals surface area contributed by atoms with E-state index < -0.39 is 0 Å². The molecule has 3 rings (SSSR count). The molecule has 1 heterocycles. The average molecular weight is 266 g/mol. The van der Waals surface area contributed by atoms with Gasteiger partial charge < -0.3 is 9.30 Å². The van der Waals surface area contributed by atoms with E-state index in [0.717, 1.165) is 16.6 Å². The number of ether oxygens (including phenoxy) is 1. The number of aryl methyl sites for hydroxylation is 1. The van der Waals surface area contributed by atoms with Gasteiger partial charge in [0.25, 0.3) is 5.56 Å². The minimum atomic E-state index is -0.114. The molecule has 4 heteroatoms. The molecular weight excluding hydrogens is 252 g/mol. The summed E-state index contributed by atoms with van der Waals surface area (Å²) in [6.45, 7) is 0. The molecule has 0 saturated heterocycles. The highest BCUT2D eigenvalue weighted by molar-refractivity contribution is 5.79. The van der Waals surface area contributed by atoms with Gasteiger partial charge in [0, 0.05) is 18.7 Å². The molecule has 0 N–H and O–H groups in total. The standard InChI is InChI=1S/C16H14N2O2/c1-18-14-10-12(20-2)8-9-13(14)17-15(16(18)19)11-6-4-3-5-7-11/h3-10H,1-2H3. The van der Waals surface area contributed by atoms with Crippen molar-refractivity contribution in [1.82, 2.24) is 9.55 Å². The van der Waals surface area contributed by atoms with Crippen molar-refractivity contribution in [2.24, 2.45) is 7.05 Å². The number of hydrogen-bond acceptors (Lipinski definition) is 3. The third kappa shape index (κ3) is 1.95. The second-order valence-corrected chi connectivity index (χ2v) is 4.55. The first-order chi connectivity index (χ1) is 9.70. The van der Waals surface area contributed by atoms with Crippen LogP contribution >= 0.6 is 0 Å². The van der Waals surface area contributed by atoms with Gasteiger partial charge in [0.15, 0.2) is 0 Å².